The van der Waals surface area contributed by atoms with Crippen molar-refractivity contribution in [2.75, 3.05) is 43.4 Å². The van der Waals surface area contributed by atoms with Crippen LogP contribution in [0.1, 0.15) is 19.8 Å². The van der Waals surface area contributed by atoms with Crippen LogP contribution in [0.2, 0.25) is 0 Å². The first-order valence-electron chi connectivity index (χ1n) is 7.34. The number of unbranched alkanes of at least 4 members (excludes halogenated alkanes) is 1. The van der Waals surface area contributed by atoms with Crippen molar-refractivity contribution < 1.29 is 4.79 Å². The molecule has 5 nitrogen and oxygen atoms in total. The molecule has 0 unspecified atom stereocenters. The number of amides is 2. The summed E-state index contributed by atoms with van der Waals surface area (Å²) in [6, 6.07) is 7.94. The Morgan fingerprint density at radius 2 is 1.95 bits per heavy atom. The van der Waals surface area contributed by atoms with Gasteiger partial charge < -0.3 is 20.9 Å². The average Bonchev–Trinajstić information content (AvgIpc) is 2.48. The second-order valence-corrected chi connectivity index (χ2v) is 5.12. The number of benzene rings is 1. The van der Waals surface area contributed by atoms with E-state index < -0.39 is 0 Å². The van der Waals surface area contributed by atoms with E-state index in [1.165, 1.54) is 0 Å². The Bertz CT molecular complexity index is 441. The molecule has 1 heterocycles. The number of nitrogens with one attached hydrogen (secondary N) is 1. The summed E-state index contributed by atoms with van der Waals surface area (Å²) in [5, 5.41) is 2.96. The molecule has 1 aliphatic heterocycles. The quantitative estimate of drug-likeness (QED) is 0.652. The molecule has 20 heavy (non-hydrogen) atoms. The molecule has 1 aromatic rings. The molecule has 110 valence electrons. The van der Waals surface area contributed by atoms with Gasteiger partial charge in [0.15, 0.2) is 0 Å². The fourth-order valence-corrected chi connectivity index (χ4v) is 2.41. The van der Waals surface area contributed by atoms with Crippen molar-refractivity contribution in [2.24, 2.45) is 0 Å². The van der Waals surface area contributed by atoms with Gasteiger partial charge in [0.1, 0.15) is 0 Å². The van der Waals surface area contributed by atoms with Crippen LogP contribution in [-0.2, 0) is 0 Å². The highest BCUT2D eigenvalue weighted by molar-refractivity contribution is 5.75. The van der Waals surface area contributed by atoms with Gasteiger partial charge in [-0.3, -0.25) is 0 Å². The molecule has 1 fully saturated rings. The van der Waals surface area contributed by atoms with Gasteiger partial charge in [-0.2, -0.15) is 0 Å². The summed E-state index contributed by atoms with van der Waals surface area (Å²) in [5.74, 6) is 0. The molecular formula is C15H24N4O. The molecule has 0 atom stereocenters. The monoisotopic (exact) mass is 276 g/mol. The minimum Gasteiger partial charge on any atom is -0.397 e. The van der Waals surface area contributed by atoms with Crippen molar-refractivity contribution in [3.63, 3.8) is 0 Å². The highest BCUT2D eigenvalue weighted by Gasteiger charge is 2.21. The van der Waals surface area contributed by atoms with Crippen LogP contribution in [0.3, 0.4) is 0 Å². The lowest BCUT2D eigenvalue weighted by molar-refractivity contribution is 0.194. The molecule has 0 radical (unpaired) electrons. The van der Waals surface area contributed by atoms with Crippen molar-refractivity contribution in [1.82, 2.24) is 10.2 Å². The maximum atomic E-state index is 12.0. The Hall–Kier alpha value is -1.91. The molecule has 3 N–H and O–H groups in total. The summed E-state index contributed by atoms with van der Waals surface area (Å²) in [4.78, 5) is 16.1. The first-order chi connectivity index (χ1) is 9.72. The number of nitrogen functional groups attached to an aromatic ring is 1. The second-order valence-electron chi connectivity index (χ2n) is 5.12. The largest absolute Gasteiger partial charge is 0.397 e. The van der Waals surface area contributed by atoms with Crippen molar-refractivity contribution in [3.05, 3.63) is 24.3 Å². The van der Waals surface area contributed by atoms with Crippen molar-refractivity contribution in [2.45, 2.75) is 19.8 Å². The highest BCUT2D eigenvalue weighted by atomic mass is 16.2. The van der Waals surface area contributed by atoms with Gasteiger partial charge in [0, 0.05) is 32.7 Å². The van der Waals surface area contributed by atoms with Gasteiger partial charge in [-0.05, 0) is 18.6 Å². The first-order valence-corrected chi connectivity index (χ1v) is 7.34. The lowest BCUT2D eigenvalue weighted by atomic mass is 10.2. The van der Waals surface area contributed by atoms with Crippen LogP contribution in [0.4, 0.5) is 16.2 Å². The van der Waals surface area contributed by atoms with E-state index in [0.717, 1.165) is 56.9 Å². The lowest BCUT2D eigenvalue weighted by Gasteiger charge is -2.36. The van der Waals surface area contributed by atoms with E-state index in [2.05, 4.69) is 17.1 Å². The molecule has 1 saturated heterocycles. The van der Waals surface area contributed by atoms with Crippen LogP contribution in [0.5, 0.6) is 0 Å². The van der Waals surface area contributed by atoms with Gasteiger partial charge >= 0.3 is 6.03 Å². The Labute approximate surface area is 120 Å². The normalized spacial score (nSPS) is 15.2. The molecule has 0 aliphatic carbocycles. The van der Waals surface area contributed by atoms with E-state index in [1.54, 1.807) is 0 Å². The van der Waals surface area contributed by atoms with Gasteiger partial charge in [0.05, 0.1) is 11.4 Å². The number of nitrogens with two attached hydrogens (primary N) is 1. The van der Waals surface area contributed by atoms with Crippen LogP contribution >= 0.6 is 0 Å². The maximum absolute atomic E-state index is 12.0. The third kappa shape index (κ3) is 3.56. The van der Waals surface area contributed by atoms with E-state index >= 15 is 0 Å². The zero-order valence-corrected chi connectivity index (χ0v) is 12.1. The number of urea groups is 1. The number of nitrogens with zero attached hydrogens (tertiary/aromatic N) is 2. The summed E-state index contributed by atoms with van der Waals surface area (Å²) in [5.41, 5.74) is 7.86. The summed E-state index contributed by atoms with van der Waals surface area (Å²) < 4.78 is 0. The SMILES string of the molecule is CCCCNC(=O)N1CCN(c2ccccc2N)CC1. The number of piperazine rings is 1. The van der Waals surface area contributed by atoms with Gasteiger partial charge in [-0.1, -0.05) is 25.5 Å². The number of carbonyl (C=O) groups excluding carboxylic acids is 1. The average molecular weight is 276 g/mol. The summed E-state index contributed by atoms with van der Waals surface area (Å²) in [6.45, 7) is 6.03. The Morgan fingerprint density at radius 3 is 2.60 bits per heavy atom. The zero-order chi connectivity index (χ0) is 14.4. The van der Waals surface area contributed by atoms with E-state index in [-0.39, 0.29) is 6.03 Å². The number of para-hydroxylation sites is 2. The molecule has 1 aliphatic rings. The lowest BCUT2D eigenvalue weighted by Crippen LogP contribution is -2.52. The van der Waals surface area contributed by atoms with Crippen LogP contribution in [0.25, 0.3) is 0 Å². The summed E-state index contributed by atoms with van der Waals surface area (Å²) in [7, 11) is 0. The van der Waals surface area contributed by atoms with E-state index in [0.29, 0.717) is 0 Å². The molecule has 0 saturated carbocycles. The fraction of sp³-hybridized carbons (Fsp3) is 0.533. The smallest absolute Gasteiger partial charge is 0.317 e. The van der Waals surface area contributed by atoms with Gasteiger partial charge in [-0.15, -0.1) is 0 Å². The van der Waals surface area contributed by atoms with Crippen molar-refractivity contribution >= 4 is 17.4 Å². The van der Waals surface area contributed by atoms with Crippen molar-refractivity contribution in [3.8, 4) is 0 Å². The Balaban J connectivity index is 1.83. The van der Waals surface area contributed by atoms with Crippen LogP contribution < -0.4 is 16.0 Å². The molecule has 0 aromatic heterocycles. The maximum Gasteiger partial charge on any atom is 0.317 e. The molecule has 0 bridgehead atoms. The number of rotatable bonds is 4. The zero-order valence-electron chi connectivity index (χ0n) is 12.1. The molecule has 1 aromatic carbocycles. The molecule has 2 amide bonds. The van der Waals surface area contributed by atoms with Gasteiger partial charge in [0.25, 0.3) is 0 Å². The predicted molar refractivity (Wildman–Crippen MR) is 82.9 cm³/mol. The minimum atomic E-state index is 0.0548. The molecule has 0 spiro atoms. The molecule has 2 rings (SSSR count). The first kappa shape index (κ1) is 14.5. The Kier molecular flexibility index (Phi) is 5.09. The van der Waals surface area contributed by atoms with Gasteiger partial charge in [-0.25, -0.2) is 4.79 Å². The predicted octanol–water partition coefficient (Wildman–Crippen LogP) is 1.90. The minimum absolute atomic E-state index is 0.0548. The van der Waals surface area contributed by atoms with Crippen molar-refractivity contribution in [1.29, 1.82) is 0 Å². The van der Waals surface area contributed by atoms with Crippen LogP contribution in [-0.4, -0.2) is 43.7 Å². The van der Waals surface area contributed by atoms with Crippen LogP contribution in [0.15, 0.2) is 24.3 Å². The number of hydrogen-bond donors (Lipinski definition) is 2. The van der Waals surface area contributed by atoms with E-state index in [9.17, 15) is 4.79 Å². The molecular weight excluding hydrogens is 252 g/mol. The molecule has 5 heteroatoms. The van der Waals surface area contributed by atoms with Crippen LogP contribution in [0, 0.1) is 0 Å². The topological polar surface area (TPSA) is 61.6 Å². The van der Waals surface area contributed by atoms with E-state index in [1.807, 2.05) is 29.2 Å². The number of carbonyl (C=O) groups is 1. The third-order valence-corrected chi connectivity index (χ3v) is 3.65. The van der Waals surface area contributed by atoms with E-state index in [4.69, 9.17) is 5.73 Å². The third-order valence-electron chi connectivity index (χ3n) is 3.65. The van der Waals surface area contributed by atoms with Gasteiger partial charge in [0.2, 0.25) is 0 Å². The standard InChI is InChI=1S/C15H24N4O/c1-2-3-8-17-15(20)19-11-9-18(10-12-19)14-7-5-4-6-13(14)16/h4-7H,2-3,8-12,16H2,1H3,(H,17,20). The fourth-order valence-electron chi connectivity index (χ4n) is 2.41. The Morgan fingerprint density at radius 1 is 1.25 bits per heavy atom. The highest BCUT2D eigenvalue weighted by Crippen LogP contribution is 2.23. The summed E-state index contributed by atoms with van der Waals surface area (Å²) in [6.07, 6.45) is 2.13. The number of anilines is 2. The second kappa shape index (κ2) is 7.03. The summed E-state index contributed by atoms with van der Waals surface area (Å²) >= 11 is 0. The number of hydrogen-bond acceptors (Lipinski definition) is 3.